The lowest BCUT2D eigenvalue weighted by Gasteiger charge is -2.05. The van der Waals surface area contributed by atoms with Gasteiger partial charge in [-0.3, -0.25) is 0 Å². The highest BCUT2D eigenvalue weighted by Gasteiger charge is 2.10. The summed E-state index contributed by atoms with van der Waals surface area (Å²) in [6.45, 7) is 2.02. The second-order valence-corrected chi connectivity index (χ2v) is 3.85. The Bertz CT molecular complexity index is 560. The van der Waals surface area contributed by atoms with Gasteiger partial charge in [0.25, 0.3) is 0 Å². The summed E-state index contributed by atoms with van der Waals surface area (Å²) in [6.07, 6.45) is 0. The molecule has 0 saturated carbocycles. The van der Waals surface area contributed by atoms with Crippen LogP contribution in [-0.4, -0.2) is 16.2 Å². The number of aryl methyl sites for hydroxylation is 1. The van der Waals surface area contributed by atoms with Crippen LogP contribution in [0.1, 0.15) is 21.8 Å². The number of rotatable bonds is 4. The van der Waals surface area contributed by atoms with Crippen LogP contribution >= 0.6 is 0 Å². The molecule has 0 amide bonds. The van der Waals surface area contributed by atoms with Crippen LogP contribution < -0.4 is 5.32 Å². The molecular formula is C12H11FN2O3. The molecule has 0 fully saturated rings. The van der Waals surface area contributed by atoms with Crippen molar-refractivity contribution in [2.24, 2.45) is 0 Å². The van der Waals surface area contributed by atoms with Gasteiger partial charge < -0.3 is 14.9 Å². The number of halogens is 1. The van der Waals surface area contributed by atoms with Crippen molar-refractivity contribution in [3.63, 3.8) is 0 Å². The maximum Gasteiger partial charge on any atom is 0.358 e. The van der Waals surface area contributed by atoms with Crippen molar-refractivity contribution in [3.05, 3.63) is 47.1 Å². The minimum absolute atomic E-state index is 0.151. The summed E-state index contributed by atoms with van der Waals surface area (Å²) in [6, 6.07) is 5.86. The molecular weight excluding hydrogens is 239 g/mol. The topological polar surface area (TPSA) is 75.4 Å². The molecule has 0 bridgehead atoms. The summed E-state index contributed by atoms with van der Waals surface area (Å²) in [5.41, 5.74) is 1.24. The molecule has 1 aromatic carbocycles. The number of nitrogens with zero attached hydrogens (tertiary/aromatic N) is 1. The van der Waals surface area contributed by atoms with Gasteiger partial charge in [-0.1, -0.05) is 5.16 Å². The minimum atomic E-state index is -1.15. The van der Waals surface area contributed by atoms with E-state index >= 15 is 0 Å². The van der Waals surface area contributed by atoms with Crippen LogP contribution in [0.25, 0.3) is 0 Å². The van der Waals surface area contributed by atoms with Gasteiger partial charge >= 0.3 is 5.97 Å². The van der Waals surface area contributed by atoms with Gasteiger partial charge in [-0.2, -0.15) is 0 Å². The molecule has 5 nitrogen and oxygen atoms in total. The lowest BCUT2D eigenvalue weighted by atomic mass is 10.2. The van der Waals surface area contributed by atoms with Crippen LogP contribution in [0, 0.1) is 12.7 Å². The van der Waals surface area contributed by atoms with Crippen LogP contribution in [0.15, 0.2) is 28.8 Å². The van der Waals surface area contributed by atoms with E-state index in [0.717, 1.165) is 5.56 Å². The number of hydrogen-bond acceptors (Lipinski definition) is 4. The Morgan fingerprint density at radius 1 is 1.44 bits per heavy atom. The quantitative estimate of drug-likeness (QED) is 0.871. The van der Waals surface area contributed by atoms with Crippen molar-refractivity contribution in [2.45, 2.75) is 13.5 Å². The molecule has 0 aliphatic heterocycles. The number of anilines is 1. The van der Waals surface area contributed by atoms with E-state index in [9.17, 15) is 9.18 Å². The number of benzene rings is 1. The SMILES string of the molecule is Cc1cc(F)cc(NCc2cc(C(=O)O)no2)c1. The van der Waals surface area contributed by atoms with Gasteiger partial charge in [-0.25, -0.2) is 9.18 Å². The number of hydrogen-bond donors (Lipinski definition) is 2. The summed E-state index contributed by atoms with van der Waals surface area (Å²) in [5, 5.41) is 15.0. The van der Waals surface area contributed by atoms with E-state index in [1.807, 2.05) is 0 Å². The maximum atomic E-state index is 13.1. The molecule has 1 aromatic heterocycles. The van der Waals surface area contributed by atoms with Crippen molar-refractivity contribution >= 4 is 11.7 Å². The van der Waals surface area contributed by atoms with Crippen LogP contribution in [0.5, 0.6) is 0 Å². The fraction of sp³-hybridized carbons (Fsp3) is 0.167. The highest BCUT2D eigenvalue weighted by molar-refractivity contribution is 5.85. The number of aromatic nitrogens is 1. The van der Waals surface area contributed by atoms with Crippen molar-refractivity contribution in [1.29, 1.82) is 0 Å². The fourth-order valence-corrected chi connectivity index (χ4v) is 1.52. The molecule has 0 radical (unpaired) electrons. The monoisotopic (exact) mass is 250 g/mol. The number of carbonyl (C=O) groups is 1. The Hall–Kier alpha value is -2.37. The molecule has 0 atom stereocenters. The molecule has 6 heteroatoms. The summed E-state index contributed by atoms with van der Waals surface area (Å²) in [4.78, 5) is 10.6. The highest BCUT2D eigenvalue weighted by Crippen LogP contribution is 2.14. The van der Waals surface area contributed by atoms with E-state index in [2.05, 4.69) is 10.5 Å². The zero-order valence-corrected chi connectivity index (χ0v) is 9.61. The molecule has 18 heavy (non-hydrogen) atoms. The Balaban J connectivity index is 2.04. The molecule has 94 valence electrons. The third-order valence-corrected chi connectivity index (χ3v) is 2.29. The van der Waals surface area contributed by atoms with E-state index < -0.39 is 5.97 Å². The molecule has 0 aliphatic carbocycles. The summed E-state index contributed by atoms with van der Waals surface area (Å²) >= 11 is 0. The zero-order chi connectivity index (χ0) is 13.1. The smallest absolute Gasteiger partial charge is 0.358 e. The van der Waals surface area contributed by atoms with Crippen molar-refractivity contribution in [1.82, 2.24) is 5.16 Å². The van der Waals surface area contributed by atoms with Gasteiger partial charge in [0.1, 0.15) is 5.82 Å². The van der Waals surface area contributed by atoms with Crippen molar-refractivity contribution < 1.29 is 18.8 Å². The summed E-state index contributed by atoms with van der Waals surface area (Å²) < 4.78 is 17.9. The van der Waals surface area contributed by atoms with Gasteiger partial charge in [-0.15, -0.1) is 0 Å². The maximum absolute atomic E-state index is 13.1. The van der Waals surface area contributed by atoms with Gasteiger partial charge in [0.05, 0.1) is 6.54 Å². The average molecular weight is 250 g/mol. The van der Waals surface area contributed by atoms with E-state index in [1.54, 1.807) is 13.0 Å². The van der Waals surface area contributed by atoms with Crippen LogP contribution in [0.4, 0.5) is 10.1 Å². The first kappa shape index (κ1) is 12.1. The first-order valence-corrected chi connectivity index (χ1v) is 5.24. The predicted molar refractivity (Wildman–Crippen MR) is 61.9 cm³/mol. The Labute approximate surface area is 102 Å². The summed E-state index contributed by atoms with van der Waals surface area (Å²) in [5.74, 6) is -1.11. The third-order valence-electron chi connectivity index (χ3n) is 2.29. The van der Waals surface area contributed by atoms with Crippen molar-refractivity contribution in [2.75, 3.05) is 5.32 Å². The van der Waals surface area contributed by atoms with E-state index in [4.69, 9.17) is 9.63 Å². The molecule has 2 aromatic rings. The highest BCUT2D eigenvalue weighted by atomic mass is 19.1. The summed E-state index contributed by atoms with van der Waals surface area (Å²) in [7, 11) is 0. The fourth-order valence-electron chi connectivity index (χ4n) is 1.52. The molecule has 1 heterocycles. The van der Waals surface area contributed by atoms with Crippen LogP contribution in [0.2, 0.25) is 0 Å². The Kier molecular flexibility index (Phi) is 3.27. The zero-order valence-electron chi connectivity index (χ0n) is 9.61. The number of carboxylic acid groups (broad SMARTS) is 1. The van der Waals surface area contributed by atoms with Crippen molar-refractivity contribution in [3.8, 4) is 0 Å². The molecule has 0 saturated heterocycles. The first-order valence-electron chi connectivity index (χ1n) is 5.24. The minimum Gasteiger partial charge on any atom is -0.476 e. The first-order chi connectivity index (χ1) is 8.54. The van der Waals surface area contributed by atoms with Gasteiger partial charge in [-0.05, 0) is 30.7 Å². The molecule has 2 rings (SSSR count). The normalized spacial score (nSPS) is 10.3. The van der Waals surface area contributed by atoms with Gasteiger partial charge in [0.2, 0.25) is 0 Å². The molecule has 2 N–H and O–H groups in total. The Morgan fingerprint density at radius 2 is 2.22 bits per heavy atom. The number of nitrogens with one attached hydrogen (secondary N) is 1. The second-order valence-electron chi connectivity index (χ2n) is 3.85. The lowest BCUT2D eigenvalue weighted by molar-refractivity contribution is 0.0685. The van der Waals surface area contributed by atoms with Gasteiger partial charge in [0.15, 0.2) is 11.5 Å². The van der Waals surface area contributed by atoms with E-state index in [0.29, 0.717) is 11.4 Å². The number of aromatic carboxylic acids is 1. The van der Waals surface area contributed by atoms with Crippen LogP contribution in [0.3, 0.4) is 0 Å². The van der Waals surface area contributed by atoms with Crippen LogP contribution in [-0.2, 0) is 6.54 Å². The Morgan fingerprint density at radius 3 is 2.83 bits per heavy atom. The van der Waals surface area contributed by atoms with E-state index in [-0.39, 0.29) is 18.1 Å². The molecule has 0 spiro atoms. The number of carboxylic acids is 1. The largest absolute Gasteiger partial charge is 0.476 e. The average Bonchev–Trinajstić information content (AvgIpc) is 2.73. The third kappa shape index (κ3) is 2.85. The standard InChI is InChI=1S/C12H11FN2O3/c1-7-2-8(13)4-9(3-7)14-6-10-5-11(12(16)17)15-18-10/h2-5,14H,6H2,1H3,(H,16,17). The van der Waals surface area contributed by atoms with E-state index in [1.165, 1.54) is 18.2 Å². The molecule has 0 unspecified atom stereocenters. The molecule has 0 aliphatic rings. The van der Waals surface area contributed by atoms with Gasteiger partial charge in [0, 0.05) is 11.8 Å². The lowest BCUT2D eigenvalue weighted by Crippen LogP contribution is -1.99. The predicted octanol–water partition coefficient (Wildman–Crippen LogP) is 2.43. The second kappa shape index (κ2) is 4.87.